The second-order valence-electron chi connectivity index (χ2n) is 5.06. The second kappa shape index (κ2) is 4.57. The summed E-state index contributed by atoms with van der Waals surface area (Å²) in [5, 5.41) is 14.3. The van der Waals surface area contributed by atoms with Gasteiger partial charge in [-0.15, -0.1) is 0 Å². The standard InChI is InChI=1S/C13H18N2O3/c1-9-4-5-11(8-12(9)15(16)17)14-13(3)6-7-18-10(13)2/h4-5,8,10,14H,6-7H2,1-3H3. The van der Waals surface area contributed by atoms with Gasteiger partial charge in [0.15, 0.2) is 0 Å². The predicted molar refractivity (Wildman–Crippen MR) is 69.9 cm³/mol. The lowest BCUT2D eigenvalue weighted by Crippen LogP contribution is -2.41. The molecule has 0 aromatic heterocycles. The number of nitro benzene ring substituents is 1. The van der Waals surface area contributed by atoms with Gasteiger partial charge in [0, 0.05) is 23.9 Å². The van der Waals surface area contributed by atoms with Gasteiger partial charge in [0.1, 0.15) is 0 Å². The topological polar surface area (TPSA) is 64.4 Å². The fraction of sp³-hybridized carbons (Fsp3) is 0.538. The zero-order valence-electron chi connectivity index (χ0n) is 10.9. The number of nitro groups is 1. The molecule has 0 spiro atoms. The normalized spacial score (nSPS) is 27.2. The van der Waals surface area contributed by atoms with Gasteiger partial charge in [-0.3, -0.25) is 10.1 Å². The van der Waals surface area contributed by atoms with Crippen molar-refractivity contribution < 1.29 is 9.66 Å². The molecule has 1 heterocycles. The summed E-state index contributed by atoms with van der Waals surface area (Å²) in [4.78, 5) is 10.6. The first kappa shape index (κ1) is 12.8. The smallest absolute Gasteiger partial charge is 0.274 e. The Kier molecular flexibility index (Phi) is 3.26. The summed E-state index contributed by atoms with van der Waals surface area (Å²) in [5.74, 6) is 0. The van der Waals surface area contributed by atoms with E-state index in [0.717, 1.165) is 18.7 Å². The van der Waals surface area contributed by atoms with E-state index in [-0.39, 0.29) is 22.3 Å². The largest absolute Gasteiger partial charge is 0.377 e. The van der Waals surface area contributed by atoms with Gasteiger partial charge in [0.2, 0.25) is 0 Å². The third-order valence-corrected chi connectivity index (χ3v) is 3.72. The van der Waals surface area contributed by atoms with Gasteiger partial charge < -0.3 is 10.1 Å². The van der Waals surface area contributed by atoms with Crippen LogP contribution in [0.4, 0.5) is 11.4 Å². The third kappa shape index (κ3) is 2.31. The molecule has 2 atom stereocenters. The van der Waals surface area contributed by atoms with Crippen LogP contribution in [0.2, 0.25) is 0 Å². The Hall–Kier alpha value is -1.62. The lowest BCUT2D eigenvalue weighted by molar-refractivity contribution is -0.385. The van der Waals surface area contributed by atoms with Gasteiger partial charge in [-0.1, -0.05) is 6.07 Å². The van der Waals surface area contributed by atoms with Crippen molar-refractivity contribution in [3.05, 3.63) is 33.9 Å². The minimum absolute atomic E-state index is 0.0952. The Morgan fingerprint density at radius 2 is 2.28 bits per heavy atom. The highest BCUT2D eigenvalue weighted by Crippen LogP contribution is 2.31. The number of anilines is 1. The molecule has 0 radical (unpaired) electrons. The van der Waals surface area contributed by atoms with Crippen molar-refractivity contribution in [2.24, 2.45) is 0 Å². The number of benzene rings is 1. The quantitative estimate of drug-likeness (QED) is 0.661. The SMILES string of the molecule is Cc1ccc(NC2(C)CCOC2C)cc1[N+](=O)[O-]. The molecule has 1 fully saturated rings. The van der Waals surface area contributed by atoms with Crippen LogP contribution in [0.3, 0.4) is 0 Å². The molecule has 0 amide bonds. The Labute approximate surface area is 106 Å². The fourth-order valence-corrected chi connectivity index (χ4v) is 2.21. The molecule has 2 unspecified atom stereocenters. The molecular weight excluding hydrogens is 232 g/mol. The zero-order chi connectivity index (χ0) is 13.3. The van der Waals surface area contributed by atoms with Crippen molar-refractivity contribution in [1.82, 2.24) is 0 Å². The molecule has 5 heteroatoms. The van der Waals surface area contributed by atoms with E-state index in [1.165, 1.54) is 0 Å². The summed E-state index contributed by atoms with van der Waals surface area (Å²) in [7, 11) is 0. The van der Waals surface area contributed by atoms with Gasteiger partial charge in [0.05, 0.1) is 16.6 Å². The predicted octanol–water partition coefficient (Wildman–Crippen LogP) is 2.88. The summed E-state index contributed by atoms with van der Waals surface area (Å²) in [6.45, 7) is 6.56. The van der Waals surface area contributed by atoms with E-state index in [9.17, 15) is 10.1 Å². The van der Waals surface area contributed by atoms with Crippen LogP contribution in [0, 0.1) is 17.0 Å². The number of aryl methyl sites for hydroxylation is 1. The molecule has 0 saturated carbocycles. The summed E-state index contributed by atoms with van der Waals surface area (Å²) < 4.78 is 5.55. The molecule has 1 aromatic carbocycles. The van der Waals surface area contributed by atoms with E-state index >= 15 is 0 Å². The Morgan fingerprint density at radius 3 is 2.83 bits per heavy atom. The maximum absolute atomic E-state index is 10.9. The van der Waals surface area contributed by atoms with E-state index in [4.69, 9.17) is 4.74 Å². The van der Waals surface area contributed by atoms with E-state index < -0.39 is 0 Å². The van der Waals surface area contributed by atoms with E-state index in [1.54, 1.807) is 19.1 Å². The highest BCUT2D eigenvalue weighted by atomic mass is 16.6. The minimum atomic E-state index is -0.350. The molecule has 1 aliphatic heterocycles. The zero-order valence-corrected chi connectivity index (χ0v) is 10.9. The molecule has 0 bridgehead atoms. The molecule has 0 aliphatic carbocycles. The van der Waals surface area contributed by atoms with E-state index in [0.29, 0.717) is 5.56 Å². The van der Waals surface area contributed by atoms with Crippen molar-refractivity contribution >= 4 is 11.4 Å². The van der Waals surface area contributed by atoms with E-state index in [1.807, 2.05) is 13.0 Å². The molecule has 1 aromatic rings. The average molecular weight is 250 g/mol. The molecule has 98 valence electrons. The number of nitrogens with one attached hydrogen (secondary N) is 1. The van der Waals surface area contributed by atoms with Crippen molar-refractivity contribution in [3.8, 4) is 0 Å². The van der Waals surface area contributed by atoms with Gasteiger partial charge in [0.25, 0.3) is 5.69 Å². The summed E-state index contributed by atoms with van der Waals surface area (Å²) in [6, 6.07) is 5.23. The Bertz CT molecular complexity index is 475. The lowest BCUT2D eigenvalue weighted by Gasteiger charge is -2.30. The van der Waals surface area contributed by atoms with Crippen molar-refractivity contribution in [2.45, 2.75) is 38.8 Å². The molecule has 1 aliphatic rings. The molecule has 2 rings (SSSR count). The van der Waals surface area contributed by atoms with Gasteiger partial charge in [-0.2, -0.15) is 0 Å². The Balaban J connectivity index is 2.25. The summed E-state index contributed by atoms with van der Waals surface area (Å²) in [6.07, 6.45) is 0.994. The van der Waals surface area contributed by atoms with Crippen LogP contribution >= 0.6 is 0 Å². The monoisotopic (exact) mass is 250 g/mol. The molecule has 1 saturated heterocycles. The number of ether oxygens (including phenoxy) is 1. The maximum Gasteiger partial charge on any atom is 0.274 e. The highest BCUT2D eigenvalue weighted by Gasteiger charge is 2.37. The number of nitrogens with zero attached hydrogens (tertiary/aromatic N) is 1. The number of hydrogen-bond acceptors (Lipinski definition) is 4. The van der Waals surface area contributed by atoms with Crippen LogP contribution in [0.25, 0.3) is 0 Å². The highest BCUT2D eigenvalue weighted by molar-refractivity contribution is 5.56. The van der Waals surface area contributed by atoms with Crippen LogP contribution < -0.4 is 5.32 Å². The van der Waals surface area contributed by atoms with Crippen LogP contribution in [0.5, 0.6) is 0 Å². The second-order valence-corrected chi connectivity index (χ2v) is 5.06. The molecule has 5 nitrogen and oxygen atoms in total. The summed E-state index contributed by atoms with van der Waals surface area (Å²) in [5.41, 5.74) is 1.43. The first-order valence-corrected chi connectivity index (χ1v) is 6.07. The van der Waals surface area contributed by atoms with Crippen LogP contribution in [0.1, 0.15) is 25.8 Å². The first-order chi connectivity index (χ1) is 8.42. The van der Waals surface area contributed by atoms with Gasteiger partial charge in [-0.25, -0.2) is 0 Å². The van der Waals surface area contributed by atoms with Crippen LogP contribution in [0.15, 0.2) is 18.2 Å². The third-order valence-electron chi connectivity index (χ3n) is 3.72. The maximum atomic E-state index is 10.9. The van der Waals surface area contributed by atoms with E-state index in [2.05, 4.69) is 12.2 Å². The van der Waals surface area contributed by atoms with Gasteiger partial charge >= 0.3 is 0 Å². The van der Waals surface area contributed by atoms with Crippen molar-refractivity contribution in [1.29, 1.82) is 0 Å². The lowest BCUT2D eigenvalue weighted by atomic mass is 9.94. The van der Waals surface area contributed by atoms with Crippen molar-refractivity contribution in [3.63, 3.8) is 0 Å². The Morgan fingerprint density at radius 1 is 1.56 bits per heavy atom. The summed E-state index contributed by atoms with van der Waals surface area (Å²) >= 11 is 0. The van der Waals surface area contributed by atoms with Crippen molar-refractivity contribution in [2.75, 3.05) is 11.9 Å². The first-order valence-electron chi connectivity index (χ1n) is 6.07. The molecule has 18 heavy (non-hydrogen) atoms. The fourth-order valence-electron chi connectivity index (χ4n) is 2.21. The minimum Gasteiger partial charge on any atom is -0.377 e. The molecular formula is C13H18N2O3. The van der Waals surface area contributed by atoms with Crippen LogP contribution in [-0.4, -0.2) is 23.2 Å². The molecule has 1 N–H and O–H groups in total. The average Bonchev–Trinajstić information content (AvgIpc) is 2.62. The number of hydrogen-bond donors (Lipinski definition) is 1. The van der Waals surface area contributed by atoms with Crippen LogP contribution in [-0.2, 0) is 4.74 Å². The number of rotatable bonds is 3. The van der Waals surface area contributed by atoms with Gasteiger partial charge in [-0.05, 0) is 33.3 Å².